The second-order valence-corrected chi connectivity index (χ2v) is 6.03. The van der Waals surface area contributed by atoms with E-state index in [0.717, 1.165) is 0 Å². The van der Waals surface area contributed by atoms with Crippen LogP contribution in [0.3, 0.4) is 0 Å². The largest absolute Gasteiger partial charge is 0.496 e. The number of methoxy groups -OCH3 is 1. The van der Waals surface area contributed by atoms with Gasteiger partial charge < -0.3 is 4.74 Å². The number of hydrogen-bond acceptors (Lipinski definition) is 2. The van der Waals surface area contributed by atoms with Gasteiger partial charge in [0.15, 0.2) is 5.78 Å². The van der Waals surface area contributed by atoms with Gasteiger partial charge in [-0.3, -0.25) is 4.79 Å². The maximum atomic E-state index is 12.5. The molecule has 104 valence electrons. The average Bonchev–Trinajstić information content (AvgIpc) is 2.37. The first-order valence-corrected chi connectivity index (χ1v) is 7.39. The van der Waals surface area contributed by atoms with E-state index in [1.54, 1.807) is 25.3 Å². The highest BCUT2D eigenvalue weighted by molar-refractivity contribution is 9.10. The first-order chi connectivity index (χ1) is 9.43. The van der Waals surface area contributed by atoms with Crippen molar-refractivity contribution in [2.24, 2.45) is 0 Å². The summed E-state index contributed by atoms with van der Waals surface area (Å²) in [6.45, 7) is 0. The van der Waals surface area contributed by atoms with Crippen LogP contribution >= 0.6 is 50.7 Å². The zero-order chi connectivity index (χ0) is 14.9. The lowest BCUT2D eigenvalue weighted by atomic mass is 10.0. The van der Waals surface area contributed by atoms with Crippen LogP contribution in [0.2, 0.25) is 15.1 Å². The average molecular weight is 394 g/mol. The summed E-state index contributed by atoms with van der Waals surface area (Å²) in [7, 11) is 1.55. The van der Waals surface area contributed by atoms with Crippen LogP contribution in [0, 0.1) is 0 Å². The molecule has 20 heavy (non-hydrogen) atoms. The van der Waals surface area contributed by atoms with Gasteiger partial charge in [0.1, 0.15) is 5.75 Å². The second-order valence-electron chi connectivity index (χ2n) is 3.92. The molecule has 2 aromatic rings. The number of halogens is 4. The van der Waals surface area contributed by atoms with Gasteiger partial charge in [0, 0.05) is 10.6 Å². The van der Waals surface area contributed by atoms with Gasteiger partial charge >= 0.3 is 0 Å². The van der Waals surface area contributed by atoms with Crippen molar-refractivity contribution in [2.75, 3.05) is 7.11 Å². The number of carbonyl (C=O) groups excluding carboxylic acids is 1. The van der Waals surface area contributed by atoms with Gasteiger partial charge in [-0.25, -0.2) is 0 Å². The summed E-state index contributed by atoms with van der Waals surface area (Å²) < 4.78 is 5.79. The molecule has 2 rings (SSSR count). The van der Waals surface area contributed by atoms with Gasteiger partial charge in [-0.2, -0.15) is 0 Å². The maximum absolute atomic E-state index is 12.5. The summed E-state index contributed by atoms with van der Waals surface area (Å²) in [6.07, 6.45) is 0. The van der Waals surface area contributed by atoms with Crippen molar-refractivity contribution in [2.45, 2.75) is 0 Å². The molecule has 2 aromatic carbocycles. The molecule has 6 heteroatoms. The number of ketones is 1. The Kier molecular flexibility index (Phi) is 4.97. The number of benzene rings is 2. The van der Waals surface area contributed by atoms with E-state index in [-0.39, 0.29) is 21.4 Å². The number of carbonyl (C=O) groups is 1. The van der Waals surface area contributed by atoms with Crippen molar-refractivity contribution >= 4 is 56.5 Å². The van der Waals surface area contributed by atoms with Crippen molar-refractivity contribution in [1.29, 1.82) is 0 Å². The summed E-state index contributed by atoms with van der Waals surface area (Å²) >= 11 is 21.3. The van der Waals surface area contributed by atoms with Crippen LogP contribution in [0.5, 0.6) is 5.75 Å². The quantitative estimate of drug-likeness (QED) is 0.629. The topological polar surface area (TPSA) is 26.3 Å². The Labute approximate surface area is 139 Å². The Morgan fingerprint density at radius 3 is 2.20 bits per heavy atom. The molecular formula is C14H8BrCl3O2. The highest BCUT2D eigenvalue weighted by Crippen LogP contribution is 2.32. The predicted molar refractivity (Wildman–Crippen MR) is 85.6 cm³/mol. The van der Waals surface area contributed by atoms with Gasteiger partial charge in [0.05, 0.1) is 27.2 Å². The fourth-order valence-corrected chi connectivity index (χ4v) is 3.24. The van der Waals surface area contributed by atoms with Crippen LogP contribution in [0.25, 0.3) is 0 Å². The zero-order valence-corrected chi connectivity index (χ0v) is 14.1. The third kappa shape index (κ3) is 3.12. The van der Waals surface area contributed by atoms with E-state index in [0.29, 0.717) is 20.8 Å². The van der Waals surface area contributed by atoms with Crippen molar-refractivity contribution < 1.29 is 9.53 Å². The van der Waals surface area contributed by atoms with Gasteiger partial charge in [-0.05, 0) is 46.3 Å². The molecule has 0 fully saturated rings. The third-order valence-electron chi connectivity index (χ3n) is 2.65. The third-order valence-corrected chi connectivity index (χ3v) is 4.08. The molecule has 0 saturated carbocycles. The van der Waals surface area contributed by atoms with Crippen LogP contribution in [-0.2, 0) is 0 Å². The first-order valence-electron chi connectivity index (χ1n) is 5.47. The summed E-state index contributed by atoms with van der Waals surface area (Å²) in [4.78, 5) is 12.5. The lowest BCUT2D eigenvalue weighted by molar-refractivity contribution is 0.103. The predicted octanol–water partition coefficient (Wildman–Crippen LogP) is 5.65. The maximum Gasteiger partial charge on any atom is 0.196 e. The summed E-state index contributed by atoms with van der Waals surface area (Å²) in [6, 6.07) is 7.96. The fourth-order valence-electron chi connectivity index (χ4n) is 1.71. The van der Waals surface area contributed by atoms with E-state index in [2.05, 4.69) is 15.9 Å². The van der Waals surface area contributed by atoms with Crippen molar-refractivity contribution in [3.63, 3.8) is 0 Å². The minimum Gasteiger partial charge on any atom is -0.496 e. The normalized spacial score (nSPS) is 10.4. The minimum atomic E-state index is -0.278. The zero-order valence-electron chi connectivity index (χ0n) is 10.2. The molecular weight excluding hydrogens is 386 g/mol. The summed E-state index contributed by atoms with van der Waals surface area (Å²) in [5.41, 5.74) is 0.679. The molecule has 0 atom stereocenters. The molecule has 0 aliphatic rings. The summed E-state index contributed by atoms with van der Waals surface area (Å²) in [5, 5.41) is 0.825. The highest BCUT2D eigenvalue weighted by Gasteiger charge is 2.18. The van der Waals surface area contributed by atoms with Crippen LogP contribution in [-0.4, -0.2) is 12.9 Å². The van der Waals surface area contributed by atoms with E-state index in [1.165, 1.54) is 12.1 Å². The van der Waals surface area contributed by atoms with Gasteiger partial charge in [0.25, 0.3) is 0 Å². The van der Waals surface area contributed by atoms with Crippen LogP contribution in [0.4, 0.5) is 0 Å². The van der Waals surface area contributed by atoms with Gasteiger partial charge in [-0.15, -0.1) is 0 Å². The lowest BCUT2D eigenvalue weighted by Crippen LogP contribution is -2.03. The lowest BCUT2D eigenvalue weighted by Gasteiger charge is -2.09. The molecule has 0 aliphatic heterocycles. The van der Waals surface area contributed by atoms with E-state index in [1.807, 2.05) is 0 Å². The molecule has 0 unspecified atom stereocenters. The SMILES string of the molecule is COc1ccc(C(=O)c2c(Cl)cc(Cl)cc2Cl)cc1Br. The van der Waals surface area contributed by atoms with Crippen LogP contribution < -0.4 is 4.74 Å². The standard InChI is InChI=1S/C14H8BrCl3O2/c1-20-12-3-2-7(4-9(12)15)14(19)13-10(17)5-8(16)6-11(13)18/h2-6H,1H3. The number of rotatable bonds is 3. The van der Waals surface area contributed by atoms with Crippen molar-refractivity contribution in [3.8, 4) is 5.75 Å². The molecule has 0 radical (unpaired) electrons. The molecule has 0 spiro atoms. The van der Waals surface area contributed by atoms with E-state index >= 15 is 0 Å². The Hall–Kier alpha value is -0.740. The monoisotopic (exact) mass is 392 g/mol. The molecule has 2 nitrogen and oxygen atoms in total. The molecule has 0 heterocycles. The fraction of sp³-hybridized carbons (Fsp3) is 0.0714. The van der Waals surface area contributed by atoms with Crippen molar-refractivity contribution in [1.82, 2.24) is 0 Å². The highest BCUT2D eigenvalue weighted by atomic mass is 79.9. The number of ether oxygens (including phenoxy) is 1. The Morgan fingerprint density at radius 1 is 1.10 bits per heavy atom. The van der Waals surface area contributed by atoms with E-state index < -0.39 is 0 Å². The summed E-state index contributed by atoms with van der Waals surface area (Å²) in [5.74, 6) is 0.356. The second kappa shape index (κ2) is 6.35. The first kappa shape index (κ1) is 15.6. The van der Waals surface area contributed by atoms with E-state index in [9.17, 15) is 4.79 Å². The van der Waals surface area contributed by atoms with Gasteiger partial charge in [-0.1, -0.05) is 34.8 Å². The smallest absolute Gasteiger partial charge is 0.196 e. The van der Waals surface area contributed by atoms with Crippen molar-refractivity contribution in [3.05, 3.63) is 61.0 Å². The van der Waals surface area contributed by atoms with Crippen LogP contribution in [0.15, 0.2) is 34.8 Å². The molecule has 0 saturated heterocycles. The molecule has 0 N–H and O–H groups in total. The Morgan fingerprint density at radius 2 is 1.70 bits per heavy atom. The molecule has 0 bridgehead atoms. The number of hydrogen-bond donors (Lipinski definition) is 0. The van der Waals surface area contributed by atoms with E-state index in [4.69, 9.17) is 39.5 Å². The molecule has 0 aromatic heterocycles. The molecule has 0 amide bonds. The van der Waals surface area contributed by atoms with Crippen LogP contribution in [0.1, 0.15) is 15.9 Å². The minimum absolute atomic E-state index is 0.222. The van der Waals surface area contributed by atoms with Gasteiger partial charge in [0.2, 0.25) is 0 Å². The Bertz CT molecular complexity index is 663. The Balaban J connectivity index is 2.49. The molecule has 0 aliphatic carbocycles.